The minimum absolute atomic E-state index is 0.143. The molecule has 3 aromatic rings. The van der Waals surface area contributed by atoms with Crippen molar-refractivity contribution >= 4 is 39.1 Å². The van der Waals surface area contributed by atoms with Crippen LogP contribution in [-0.4, -0.2) is 67.2 Å². The van der Waals surface area contributed by atoms with Crippen LogP contribution in [0.25, 0.3) is 10.1 Å². The number of nitrogens with one attached hydrogen (secondary N) is 3. The Labute approximate surface area is 252 Å². The number of carbonyl (C=O) groups excluding carboxylic acids is 3. The van der Waals surface area contributed by atoms with Crippen molar-refractivity contribution in [2.45, 2.75) is 75.6 Å². The molecule has 2 aliphatic rings. The van der Waals surface area contributed by atoms with E-state index >= 15 is 0 Å². The zero-order chi connectivity index (χ0) is 29.4. The van der Waals surface area contributed by atoms with Crippen molar-refractivity contribution in [1.29, 1.82) is 0 Å². The van der Waals surface area contributed by atoms with Gasteiger partial charge < -0.3 is 20.7 Å². The first-order valence-electron chi connectivity index (χ1n) is 15.2. The van der Waals surface area contributed by atoms with Crippen molar-refractivity contribution in [3.8, 4) is 0 Å². The molecule has 3 amide bonds. The van der Waals surface area contributed by atoms with E-state index in [1.807, 2.05) is 60.7 Å². The van der Waals surface area contributed by atoms with Crippen LogP contribution in [0, 0.1) is 0 Å². The third-order valence-electron chi connectivity index (χ3n) is 8.55. The topological polar surface area (TPSA) is 99.8 Å². The highest BCUT2D eigenvalue weighted by Gasteiger charge is 2.44. The second-order valence-corrected chi connectivity index (χ2v) is 12.6. The molecule has 1 saturated carbocycles. The summed E-state index contributed by atoms with van der Waals surface area (Å²) in [5.41, 5.74) is -0.0738. The standard InChI is InChI=1S/C33H42N4O4S/c1-41-29-16-7-10-20-37(29)21-11-19-34-30(38)26(22-24-12-3-2-4-13-24)35-32(40)33(17-8-9-18-33)36-31(39)28-23-25-14-5-6-15-27(25)42-28/h2-6,12-15,23,26,29H,7-11,16-22H2,1H3,(H,34,38)(H,35,40)(H,36,39)/t26-,29?/m1/s1. The van der Waals surface area contributed by atoms with E-state index in [2.05, 4.69) is 20.9 Å². The lowest BCUT2D eigenvalue weighted by Crippen LogP contribution is -2.61. The lowest BCUT2D eigenvalue weighted by atomic mass is 9.94. The fourth-order valence-corrected chi connectivity index (χ4v) is 7.17. The lowest BCUT2D eigenvalue weighted by Gasteiger charge is -2.34. The molecule has 0 bridgehead atoms. The number of carbonyl (C=O) groups is 3. The number of rotatable bonds is 12. The van der Waals surface area contributed by atoms with E-state index in [9.17, 15) is 14.4 Å². The molecular weight excluding hydrogens is 548 g/mol. The molecule has 9 heteroatoms. The SMILES string of the molecule is COC1CCCCN1CCCNC(=O)[C@@H](Cc1ccccc1)NC(=O)C1(NC(=O)c2cc3ccccc3s2)CCCC1. The van der Waals surface area contributed by atoms with Crippen LogP contribution in [0.5, 0.6) is 0 Å². The van der Waals surface area contributed by atoms with Gasteiger partial charge in [-0.1, -0.05) is 61.4 Å². The van der Waals surface area contributed by atoms with Gasteiger partial charge in [-0.2, -0.15) is 0 Å². The van der Waals surface area contributed by atoms with Crippen LogP contribution < -0.4 is 16.0 Å². The smallest absolute Gasteiger partial charge is 0.262 e. The van der Waals surface area contributed by atoms with Crippen molar-refractivity contribution in [1.82, 2.24) is 20.9 Å². The van der Waals surface area contributed by atoms with Gasteiger partial charge in [0.1, 0.15) is 17.8 Å². The highest BCUT2D eigenvalue weighted by molar-refractivity contribution is 7.20. The average Bonchev–Trinajstić information content (AvgIpc) is 3.68. The normalized spacial score (nSPS) is 19.3. The number of likely N-dealkylation sites (tertiary alicyclic amines) is 1. The Hall–Kier alpha value is -3.27. The van der Waals surface area contributed by atoms with Crippen LogP contribution in [-0.2, 0) is 20.7 Å². The van der Waals surface area contributed by atoms with Crippen LogP contribution in [0.3, 0.4) is 0 Å². The van der Waals surface area contributed by atoms with E-state index in [0.29, 0.717) is 30.7 Å². The molecule has 0 radical (unpaired) electrons. The van der Waals surface area contributed by atoms with Crippen molar-refractivity contribution in [2.24, 2.45) is 0 Å². The van der Waals surface area contributed by atoms with Crippen LogP contribution in [0.1, 0.15) is 66.6 Å². The number of hydrogen-bond acceptors (Lipinski definition) is 6. The maximum absolute atomic E-state index is 13.9. The Morgan fingerprint density at radius 1 is 1.02 bits per heavy atom. The first kappa shape index (κ1) is 30.2. The molecule has 2 fully saturated rings. The average molecular weight is 591 g/mol. The molecule has 3 N–H and O–H groups in total. The van der Waals surface area contributed by atoms with E-state index in [-0.39, 0.29) is 23.9 Å². The predicted octanol–water partition coefficient (Wildman–Crippen LogP) is 4.64. The zero-order valence-electron chi connectivity index (χ0n) is 24.4. The number of amides is 3. The molecular formula is C33H42N4O4S. The van der Waals surface area contributed by atoms with E-state index < -0.39 is 11.6 Å². The molecule has 1 unspecified atom stereocenters. The lowest BCUT2D eigenvalue weighted by molar-refractivity contribution is -0.132. The van der Waals surface area contributed by atoms with Gasteiger partial charge in [-0.25, -0.2) is 0 Å². The molecule has 1 aliphatic carbocycles. The molecule has 1 saturated heterocycles. The highest BCUT2D eigenvalue weighted by Crippen LogP contribution is 2.32. The minimum atomic E-state index is -1.04. The molecule has 1 aromatic heterocycles. The fraction of sp³-hybridized carbons (Fsp3) is 0.485. The molecule has 2 heterocycles. The number of ether oxygens (including phenoxy) is 1. The van der Waals surface area contributed by atoms with E-state index in [1.54, 1.807) is 7.11 Å². The van der Waals surface area contributed by atoms with Gasteiger partial charge in [0, 0.05) is 37.9 Å². The third kappa shape index (κ3) is 7.38. The van der Waals surface area contributed by atoms with Crippen LogP contribution in [0.15, 0.2) is 60.7 Å². The van der Waals surface area contributed by atoms with Crippen LogP contribution in [0.2, 0.25) is 0 Å². The van der Waals surface area contributed by atoms with Crippen molar-refractivity contribution in [3.63, 3.8) is 0 Å². The van der Waals surface area contributed by atoms with Crippen molar-refractivity contribution < 1.29 is 19.1 Å². The highest BCUT2D eigenvalue weighted by atomic mass is 32.1. The quantitative estimate of drug-likeness (QED) is 0.267. The maximum Gasteiger partial charge on any atom is 0.262 e. The molecule has 1 aliphatic heterocycles. The predicted molar refractivity (Wildman–Crippen MR) is 166 cm³/mol. The number of hydrogen-bond donors (Lipinski definition) is 3. The summed E-state index contributed by atoms with van der Waals surface area (Å²) in [5, 5.41) is 10.2. The van der Waals surface area contributed by atoms with E-state index in [0.717, 1.165) is 54.4 Å². The Bertz CT molecular complexity index is 1320. The molecule has 2 aromatic carbocycles. The third-order valence-corrected chi connectivity index (χ3v) is 9.66. The molecule has 2 atom stereocenters. The molecule has 42 heavy (non-hydrogen) atoms. The van der Waals surface area contributed by atoms with Gasteiger partial charge in [0.05, 0.1) is 4.88 Å². The number of piperidine rings is 1. The second kappa shape index (κ2) is 14.3. The monoisotopic (exact) mass is 590 g/mol. The summed E-state index contributed by atoms with van der Waals surface area (Å²) in [6.07, 6.45) is 7.47. The summed E-state index contributed by atoms with van der Waals surface area (Å²) in [6, 6.07) is 18.7. The largest absolute Gasteiger partial charge is 0.366 e. The first-order valence-corrected chi connectivity index (χ1v) is 16.0. The fourth-order valence-electron chi connectivity index (χ4n) is 6.22. The van der Waals surface area contributed by atoms with E-state index in [4.69, 9.17) is 4.74 Å². The van der Waals surface area contributed by atoms with Crippen molar-refractivity contribution in [2.75, 3.05) is 26.7 Å². The first-order chi connectivity index (χ1) is 20.5. The summed E-state index contributed by atoms with van der Waals surface area (Å²) in [5.74, 6) is -0.746. The van der Waals surface area contributed by atoms with Gasteiger partial charge in [-0.15, -0.1) is 11.3 Å². The Morgan fingerprint density at radius 3 is 2.55 bits per heavy atom. The summed E-state index contributed by atoms with van der Waals surface area (Å²) < 4.78 is 6.65. The number of benzene rings is 2. The minimum Gasteiger partial charge on any atom is -0.366 e. The Morgan fingerprint density at radius 2 is 1.79 bits per heavy atom. The van der Waals surface area contributed by atoms with Crippen LogP contribution >= 0.6 is 11.3 Å². The number of methoxy groups -OCH3 is 1. The zero-order valence-corrected chi connectivity index (χ0v) is 25.2. The number of thiophene rings is 1. The van der Waals surface area contributed by atoms with Gasteiger partial charge in [0.15, 0.2) is 0 Å². The second-order valence-electron chi connectivity index (χ2n) is 11.5. The Kier molecular flexibility index (Phi) is 10.3. The van der Waals surface area contributed by atoms with Gasteiger partial charge in [-0.3, -0.25) is 19.3 Å². The number of fused-ring (bicyclic) bond motifs is 1. The molecule has 5 rings (SSSR count). The molecule has 8 nitrogen and oxygen atoms in total. The summed E-state index contributed by atoms with van der Waals surface area (Å²) >= 11 is 1.42. The van der Waals surface area contributed by atoms with Gasteiger partial charge in [0.25, 0.3) is 5.91 Å². The number of nitrogens with zero attached hydrogens (tertiary/aromatic N) is 1. The summed E-state index contributed by atoms with van der Waals surface area (Å²) in [6.45, 7) is 2.37. The van der Waals surface area contributed by atoms with E-state index in [1.165, 1.54) is 24.2 Å². The van der Waals surface area contributed by atoms with Crippen molar-refractivity contribution in [3.05, 3.63) is 71.1 Å². The van der Waals surface area contributed by atoms with Crippen LogP contribution in [0.4, 0.5) is 0 Å². The van der Waals surface area contributed by atoms with Gasteiger partial charge in [0.2, 0.25) is 11.8 Å². The maximum atomic E-state index is 13.9. The molecule has 0 spiro atoms. The van der Waals surface area contributed by atoms with Gasteiger partial charge >= 0.3 is 0 Å². The molecule has 224 valence electrons. The Balaban J connectivity index is 1.24. The summed E-state index contributed by atoms with van der Waals surface area (Å²) in [4.78, 5) is 43.6. The van der Waals surface area contributed by atoms with Gasteiger partial charge in [-0.05, 0) is 61.6 Å². The summed E-state index contributed by atoms with van der Waals surface area (Å²) in [7, 11) is 1.75.